The smallest absolute Gasteiger partial charge is 0.194 e. The van der Waals surface area contributed by atoms with Crippen molar-refractivity contribution in [3.05, 3.63) is 34.9 Å². The third kappa shape index (κ3) is 4.56. The number of hydrogen-bond donors (Lipinski definition) is 0. The number of hydrogen-bond acceptors (Lipinski definition) is 0. The third-order valence-corrected chi connectivity index (χ3v) is 4.75. The van der Waals surface area contributed by atoms with Gasteiger partial charge in [0.1, 0.15) is 0 Å². The molecule has 0 fully saturated rings. The van der Waals surface area contributed by atoms with Crippen molar-refractivity contribution >= 4 is 0 Å². The Bertz CT molecular complexity index is 866. The van der Waals surface area contributed by atoms with E-state index in [0.717, 1.165) is 13.8 Å². The minimum Gasteiger partial charge on any atom is -0.194 e. The monoisotopic (exact) mass is 570 g/mol. The van der Waals surface area contributed by atoms with Crippen LogP contribution in [-0.2, 0) is 18.3 Å². The molecule has 0 unspecified atom stereocenters. The molecule has 0 aliphatic carbocycles. The molecule has 0 bridgehead atoms. The Balaban J connectivity index is 4.06. The van der Waals surface area contributed by atoms with Crippen molar-refractivity contribution in [2.75, 3.05) is 0 Å². The Labute approximate surface area is 189 Å². The topological polar surface area (TPSA) is 0 Å². The van der Waals surface area contributed by atoms with Crippen molar-refractivity contribution in [3.8, 4) is 0 Å². The van der Waals surface area contributed by atoms with Gasteiger partial charge in [-0.05, 0) is 17.9 Å². The van der Waals surface area contributed by atoms with Gasteiger partial charge in [-0.25, -0.2) is 0 Å². The van der Waals surface area contributed by atoms with Gasteiger partial charge in [-0.15, -0.1) is 0 Å². The van der Waals surface area contributed by atoms with Crippen LogP contribution in [0.1, 0.15) is 30.5 Å². The summed E-state index contributed by atoms with van der Waals surface area (Å²) < 4.78 is 241. The van der Waals surface area contributed by atoms with Gasteiger partial charge in [0.05, 0.1) is 0 Å². The predicted octanol–water partition coefficient (Wildman–Crippen LogP) is 8.73. The SMILES string of the molecule is CC(C)Cc1c(C(F)(F)C(F)(F)C(F)(F)C(F)(F)F)cccc1C(F)(F)C(F)(F)C(F)(F)C(F)(F)F. The Kier molecular flexibility index (Phi) is 7.79. The Hall–Kier alpha value is -2.04. The van der Waals surface area contributed by atoms with Crippen LogP contribution >= 0.6 is 0 Å². The van der Waals surface area contributed by atoms with E-state index in [1.807, 2.05) is 0 Å². The zero-order valence-corrected chi connectivity index (χ0v) is 17.3. The number of rotatable bonds is 8. The highest BCUT2D eigenvalue weighted by Crippen LogP contribution is 2.60. The van der Waals surface area contributed by atoms with Crippen molar-refractivity contribution in [2.45, 2.75) is 68.2 Å². The molecule has 36 heavy (non-hydrogen) atoms. The van der Waals surface area contributed by atoms with E-state index in [1.165, 1.54) is 0 Å². The maximum Gasteiger partial charge on any atom is 0.460 e. The lowest BCUT2D eigenvalue weighted by atomic mass is 9.83. The van der Waals surface area contributed by atoms with Gasteiger partial charge in [0.2, 0.25) is 0 Å². The van der Waals surface area contributed by atoms with Gasteiger partial charge in [-0.3, -0.25) is 0 Å². The standard InChI is InChI=1S/C18H12F18/c1-7(2)6-8-9(11(19,20)13(23,24)15(27,28)17(31,32)33)4-3-5-10(8)12(21,22)14(25,26)16(29,30)18(34,35)36/h3-5,7H,6H2,1-2H3. The van der Waals surface area contributed by atoms with Crippen molar-refractivity contribution in [1.82, 2.24) is 0 Å². The van der Waals surface area contributed by atoms with E-state index in [4.69, 9.17) is 0 Å². The number of alkyl halides is 18. The second kappa shape index (κ2) is 8.77. The summed E-state index contributed by atoms with van der Waals surface area (Å²) in [7, 11) is 0. The van der Waals surface area contributed by atoms with Crippen LogP contribution in [0.5, 0.6) is 0 Å². The van der Waals surface area contributed by atoms with E-state index in [1.54, 1.807) is 0 Å². The molecule has 210 valence electrons. The van der Waals surface area contributed by atoms with Gasteiger partial charge in [-0.2, -0.15) is 79.0 Å². The maximum absolute atomic E-state index is 14.5. The second-order valence-electron chi connectivity index (χ2n) is 7.87. The fraction of sp³-hybridized carbons (Fsp3) is 0.667. The van der Waals surface area contributed by atoms with Crippen LogP contribution in [0.2, 0.25) is 0 Å². The van der Waals surface area contributed by atoms with E-state index in [0.29, 0.717) is 0 Å². The Morgan fingerprint density at radius 2 is 0.778 bits per heavy atom. The van der Waals surface area contributed by atoms with Gasteiger partial charge in [0.15, 0.2) is 0 Å². The van der Waals surface area contributed by atoms with Crippen molar-refractivity contribution in [2.24, 2.45) is 5.92 Å². The van der Waals surface area contributed by atoms with E-state index < -0.39 is 89.0 Å². The maximum atomic E-state index is 14.5. The lowest BCUT2D eigenvalue weighted by Crippen LogP contribution is -2.60. The molecule has 18 heteroatoms. The molecule has 1 rings (SSSR count). The highest BCUT2D eigenvalue weighted by molar-refractivity contribution is 5.43. The number of halogens is 18. The van der Waals surface area contributed by atoms with Crippen LogP contribution in [0.4, 0.5) is 79.0 Å². The van der Waals surface area contributed by atoms with Gasteiger partial charge < -0.3 is 0 Å². The fourth-order valence-electron chi connectivity index (χ4n) is 2.89. The summed E-state index contributed by atoms with van der Waals surface area (Å²) in [5.41, 5.74) is -7.97. The van der Waals surface area contributed by atoms with E-state index in [-0.39, 0.29) is 6.07 Å². The van der Waals surface area contributed by atoms with Gasteiger partial charge in [0.25, 0.3) is 0 Å². The van der Waals surface area contributed by atoms with Crippen LogP contribution < -0.4 is 0 Å². The molecule has 1 aromatic carbocycles. The molecule has 0 atom stereocenters. The zero-order valence-electron chi connectivity index (χ0n) is 17.3. The molecule has 0 N–H and O–H groups in total. The molecule has 0 heterocycles. The highest BCUT2D eigenvalue weighted by atomic mass is 19.4. The molecule has 0 spiro atoms. The zero-order chi connectivity index (χ0) is 29.1. The minimum absolute atomic E-state index is 0.320. The first kappa shape index (κ1) is 32.0. The Morgan fingerprint density at radius 3 is 1.00 bits per heavy atom. The van der Waals surface area contributed by atoms with Crippen LogP contribution in [0, 0.1) is 5.92 Å². The summed E-state index contributed by atoms with van der Waals surface area (Å²) in [6.45, 7) is 1.73. The first-order chi connectivity index (χ1) is 15.5. The second-order valence-corrected chi connectivity index (χ2v) is 7.87. The number of benzene rings is 1. The van der Waals surface area contributed by atoms with Crippen LogP contribution in [0.3, 0.4) is 0 Å². The average Bonchev–Trinajstić information content (AvgIpc) is 2.64. The summed E-state index contributed by atoms with van der Waals surface area (Å²) >= 11 is 0. The van der Waals surface area contributed by atoms with Gasteiger partial charge in [0, 0.05) is 11.1 Å². The molecule has 0 radical (unpaired) electrons. The van der Waals surface area contributed by atoms with E-state index >= 15 is 0 Å². The Morgan fingerprint density at radius 1 is 0.500 bits per heavy atom. The summed E-state index contributed by atoms with van der Waals surface area (Å²) in [5.74, 6) is -45.0. The van der Waals surface area contributed by atoms with Gasteiger partial charge in [-0.1, -0.05) is 32.0 Å². The highest BCUT2D eigenvalue weighted by Gasteiger charge is 2.84. The molecular weight excluding hydrogens is 558 g/mol. The van der Waals surface area contributed by atoms with Crippen LogP contribution in [0.25, 0.3) is 0 Å². The first-order valence-corrected chi connectivity index (χ1v) is 9.06. The normalized spacial score (nSPS) is 15.6. The van der Waals surface area contributed by atoms with E-state index in [9.17, 15) is 79.0 Å². The minimum atomic E-state index is -7.55. The van der Waals surface area contributed by atoms with Gasteiger partial charge >= 0.3 is 47.9 Å². The summed E-state index contributed by atoms with van der Waals surface area (Å²) in [5, 5.41) is 0. The van der Waals surface area contributed by atoms with Crippen molar-refractivity contribution in [1.29, 1.82) is 0 Å². The van der Waals surface area contributed by atoms with E-state index in [2.05, 4.69) is 0 Å². The molecule has 1 aromatic rings. The summed E-state index contributed by atoms with van der Waals surface area (Å²) in [6, 6.07) is -1.24. The van der Waals surface area contributed by atoms with Crippen molar-refractivity contribution < 1.29 is 79.0 Å². The summed E-state index contributed by atoms with van der Waals surface area (Å²) in [6.07, 6.45) is -16.3. The van der Waals surface area contributed by atoms with Crippen LogP contribution in [-0.4, -0.2) is 36.0 Å². The predicted molar refractivity (Wildman–Crippen MR) is 84.7 cm³/mol. The third-order valence-electron chi connectivity index (χ3n) is 4.75. The molecule has 0 aliphatic rings. The molecule has 0 nitrogen and oxygen atoms in total. The average molecular weight is 570 g/mol. The molecule has 0 aliphatic heterocycles. The molecule has 0 amide bonds. The molecule has 0 saturated carbocycles. The summed E-state index contributed by atoms with van der Waals surface area (Å²) in [4.78, 5) is 0. The van der Waals surface area contributed by atoms with Crippen molar-refractivity contribution in [3.63, 3.8) is 0 Å². The molecular formula is C18H12F18. The molecule has 0 saturated heterocycles. The largest absolute Gasteiger partial charge is 0.460 e. The lowest BCUT2D eigenvalue weighted by molar-refractivity contribution is -0.400. The lowest BCUT2D eigenvalue weighted by Gasteiger charge is -2.37. The fourth-order valence-corrected chi connectivity index (χ4v) is 2.89. The quantitative estimate of drug-likeness (QED) is 0.275. The van der Waals surface area contributed by atoms with Crippen LogP contribution in [0.15, 0.2) is 18.2 Å². The molecule has 0 aromatic heterocycles. The first-order valence-electron chi connectivity index (χ1n) is 9.06.